The van der Waals surface area contributed by atoms with E-state index >= 15 is 0 Å². The van der Waals surface area contributed by atoms with Crippen molar-refractivity contribution in [2.24, 2.45) is 0 Å². The van der Waals surface area contributed by atoms with Crippen LogP contribution in [0.4, 0.5) is 13.2 Å². The molecule has 18 heteroatoms. The van der Waals surface area contributed by atoms with Gasteiger partial charge >= 0.3 is 6.36 Å². The maximum Gasteiger partial charge on any atom is 0.573 e. The number of hydrazine groups is 1. The van der Waals surface area contributed by atoms with Crippen LogP contribution in [0.1, 0.15) is 33.2 Å². The minimum atomic E-state index is -4.90. The molecule has 0 radical (unpaired) electrons. The Morgan fingerprint density at radius 2 is 1.71 bits per heavy atom. The van der Waals surface area contributed by atoms with Crippen LogP contribution in [-0.4, -0.2) is 45.8 Å². The molecule has 0 fully saturated rings. The van der Waals surface area contributed by atoms with E-state index in [1.807, 2.05) is 41.2 Å². The summed E-state index contributed by atoms with van der Waals surface area (Å²) in [4.78, 5) is 6.59. The molecule has 0 aliphatic heterocycles. The van der Waals surface area contributed by atoms with E-state index in [4.69, 9.17) is 13.7 Å². The third-order valence-electron chi connectivity index (χ3n) is 6.22. The quantitative estimate of drug-likeness (QED) is 0.115. The lowest BCUT2D eigenvalue weighted by molar-refractivity contribution is -0.274. The van der Waals surface area contributed by atoms with E-state index in [-0.39, 0.29) is 28.9 Å². The maximum atomic E-state index is 13.9. The molecule has 2 aromatic heterocycles. The van der Waals surface area contributed by atoms with Crippen molar-refractivity contribution in [3.63, 3.8) is 0 Å². The SMILES string of the molecule is COCc1ccc(-c2ccc3nc(C(c4nnc(CNNS(=O)O)o4)S(=O)(=O)Cc4ccc(OC(F)(F)F)cc4)sc3c2)cc1. The van der Waals surface area contributed by atoms with Crippen molar-refractivity contribution < 1.29 is 44.2 Å². The van der Waals surface area contributed by atoms with Crippen LogP contribution in [0.5, 0.6) is 5.75 Å². The number of sulfone groups is 1. The Hall–Kier alpha value is -3.78. The second-order valence-corrected chi connectivity index (χ2v) is 13.3. The number of nitrogens with zero attached hydrogens (tertiary/aromatic N) is 3. The first-order valence-corrected chi connectivity index (χ1v) is 16.5. The van der Waals surface area contributed by atoms with Crippen LogP contribution in [-0.2, 0) is 44.7 Å². The summed E-state index contributed by atoms with van der Waals surface area (Å²) in [6, 6.07) is 17.8. The maximum absolute atomic E-state index is 13.9. The molecule has 2 atom stereocenters. The van der Waals surface area contributed by atoms with E-state index < -0.39 is 44.2 Å². The molecule has 0 saturated carbocycles. The van der Waals surface area contributed by atoms with Gasteiger partial charge in [-0.05, 0) is 46.5 Å². The van der Waals surface area contributed by atoms with Crippen LogP contribution in [0.3, 0.4) is 0 Å². The largest absolute Gasteiger partial charge is 0.573 e. The number of halogens is 3. The van der Waals surface area contributed by atoms with Gasteiger partial charge in [0.2, 0.25) is 23.0 Å². The fourth-order valence-corrected chi connectivity index (χ4v) is 7.67. The summed E-state index contributed by atoms with van der Waals surface area (Å²) >= 11 is -1.26. The minimum absolute atomic E-state index is 0.0860. The molecular formula is C27H24F3N5O7S3. The zero-order valence-electron chi connectivity index (χ0n) is 23.1. The van der Waals surface area contributed by atoms with Gasteiger partial charge in [-0.2, -0.15) is 4.83 Å². The highest BCUT2D eigenvalue weighted by atomic mass is 32.2. The standard InChI is InChI=1S/C27H24F3N5O7S3/c1-40-14-16-2-6-18(7-3-16)19-8-11-21-22(12-19)43-26(32-21)24(25-34-33-23(41-25)13-31-35-44(36)37)45(38,39)15-17-4-9-20(10-5-17)42-27(28,29)30/h2-12,24,31,35H,13-15H2,1H3,(H,36,37). The molecule has 0 spiro atoms. The van der Waals surface area contributed by atoms with E-state index in [1.165, 1.54) is 12.1 Å². The average Bonchev–Trinajstić information content (AvgIpc) is 3.60. The minimum Gasteiger partial charge on any atom is -0.422 e. The molecule has 5 aromatic rings. The van der Waals surface area contributed by atoms with Gasteiger partial charge in [0, 0.05) is 7.11 Å². The number of thiazole rings is 1. The summed E-state index contributed by atoms with van der Waals surface area (Å²) < 4.78 is 101. The Labute approximate surface area is 260 Å². The summed E-state index contributed by atoms with van der Waals surface area (Å²) in [6.07, 6.45) is -4.90. The van der Waals surface area contributed by atoms with E-state index in [1.54, 1.807) is 13.2 Å². The Bertz CT molecular complexity index is 1900. The first-order chi connectivity index (χ1) is 21.4. The van der Waals surface area contributed by atoms with E-state index in [0.717, 1.165) is 40.2 Å². The van der Waals surface area contributed by atoms with Crippen molar-refractivity contribution in [3.05, 3.63) is 94.6 Å². The molecule has 5 rings (SSSR count). The van der Waals surface area contributed by atoms with E-state index in [2.05, 4.69) is 25.3 Å². The third kappa shape index (κ3) is 8.48. The van der Waals surface area contributed by atoms with Crippen LogP contribution in [0.15, 0.2) is 71.1 Å². The topological polar surface area (TPSA) is 166 Å². The van der Waals surface area contributed by atoms with Gasteiger partial charge < -0.3 is 13.9 Å². The molecule has 12 nitrogen and oxygen atoms in total. The van der Waals surface area contributed by atoms with Crippen LogP contribution < -0.4 is 15.0 Å². The van der Waals surface area contributed by atoms with Crippen molar-refractivity contribution >= 4 is 42.7 Å². The van der Waals surface area contributed by atoms with Crippen LogP contribution in [0, 0.1) is 0 Å². The molecule has 0 amide bonds. The van der Waals surface area contributed by atoms with Gasteiger partial charge in [0.25, 0.3) is 0 Å². The Kier molecular flexibility index (Phi) is 9.92. The molecule has 0 aliphatic rings. The van der Waals surface area contributed by atoms with Gasteiger partial charge in [0.15, 0.2) is 15.1 Å². The summed E-state index contributed by atoms with van der Waals surface area (Å²) in [5.74, 6) is -1.49. The lowest BCUT2D eigenvalue weighted by atomic mass is 10.0. The first-order valence-electron chi connectivity index (χ1n) is 12.9. The number of fused-ring (bicyclic) bond motifs is 1. The van der Waals surface area contributed by atoms with Crippen molar-refractivity contribution in [3.8, 4) is 16.9 Å². The normalized spacial score (nSPS) is 13.6. The number of methoxy groups -OCH3 is 1. The lowest BCUT2D eigenvalue weighted by Gasteiger charge is -2.13. The van der Waals surface area contributed by atoms with Crippen molar-refractivity contribution in [1.29, 1.82) is 0 Å². The van der Waals surface area contributed by atoms with E-state index in [0.29, 0.717) is 16.8 Å². The third-order valence-corrected chi connectivity index (χ3v) is 9.65. The fraction of sp³-hybridized carbons (Fsp3) is 0.222. The van der Waals surface area contributed by atoms with Gasteiger partial charge in [0.1, 0.15) is 10.8 Å². The molecule has 2 heterocycles. The summed E-state index contributed by atoms with van der Waals surface area (Å²) in [5.41, 5.74) is 5.92. The smallest absolute Gasteiger partial charge is 0.422 e. The molecular weight excluding hydrogens is 660 g/mol. The molecule has 238 valence electrons. The Balaban J connectivity index is 1.48. The summed E-state index contributed by atoms with van der Waals surface area (Å²) in [7, 11) is -2.60. The van der Waals surface area contributed by atoms with Crippen LogP contribution in [0.25, 0.3) is 21.3 Å². The average molecular weight is 684 g/mol. The zero-order chi connectivity index (χ0) is 32.2. The molecule has 0 saturated heterocycles. The van der Waals surface area contributed by atoms with Gasteiger partial charge in [-0.3, -0.25) is 4.55 Å². The van der Waals surface area contributed by atoms with Crippen LogP contribution >= 0.6 is 11.3 Å². The molecule has 0 bridgehead atoms. The summed E-state index contributed by atoms with van der Waals surface area (Å²) in [5, 5.41) is 6.36. The van der Waals surface area contributed by atoms with Gasteiger partial charge in [-0.1, -0.05) is 42.5 Å². The molecule has 3 aromatic carbocycles. The predicted molar refractivity (Wildman–Crippen MR) is 158 cm³/mol. The second kappa shape index (κ2) is 13.7. The monoisotopic (exact) mass is 683 g/mol. The second-order valence-electron chi connectivity index (χ2n) is 9.48. The number of alkyl halides is 3. The number of hydrogen-bond acceptors (Lipinski definition) is 11. The summed E-state index contributed by atoms with van der Waals surface area (Å²) in [6.45, 7) is 0.267. The fourth-order valence-electron chi connectivity index (χ4n) is 4.33. The number of nitrogens with one attached hydrogen (secondary N) is 2. The number of rotatable bonds is 13. The zero-order valence-corrected chi connectivity index (χ0v) is 25.6. The number of hydrogen-bond donors (Lipinski definition) is 3. The highest BCUT2D eigenvalue weighted by Gasteiger charge is 2.37. The van der Waals surface area contributed by atoms with Gasteiger partial charge in [-0.25, -0.2) is 23.0 Å². The molecule has 45 heavy (non-hydrogen) atoms. The van der Waals surface area contributed by atoms with Crippen LogP contribution in [0.2, 0.25) is 0 Å². The first kappa shape index (κ1) is 32.6. The highest BCUT2D eigenvalue weighted by molar-refractivity contribution is 7.91. The Morgan fingerprint density at radius 3 is 2.38 bits per heavy atom. The number of ether oxygens (including phenoxy) is 2. The predicted octanol–water partition coefficient (Wildman–Crippen LogP) is 4.83. The number of benzene rings is 3. The molecule has 2 unspecified atom stereocenters. The molecule has 0 aliphatic carbocycles. The van der Waals surface area contributed by atoms with Crippen molar-refractivity contribution in [2.45, 2.75) is 30.5 Å². The van der Waals surface area contributed by atoms with Gasteiger partial charge in [0.05, 0.1) is 29.1 Å². The number of aromatic nitrogens is 3. The van der Waals surface area contributed by atoms with Crippen molar-refractivity contribution in [2.75, 3.05) is 7.11 Å². The lowest BCUT2D eigenvalue weighted by Crippen LogP contribution is -2.32. The van der Waals surface area contributed by atoms with Crippen molar-refractivity contribution in [1.82, 2.24) is 25.4 Å². The highest BCUT2D eigenvalue weighted by Crippen LogP contribution is 2.38. The van der Waals surface area contributed by atoms with E-state index in [9.17, 15) is 25.8 Å². The van der Waals surface area contributed by atoms with Gasteiger partial charge in [-0.15, -0.1) is 34.7 Å². The molecule has 3 N–H and O–H groups in total. The Morgan fingerprint density at radius 1 is 1.02 bits per heavy atom.